The van der Waals surface area contributed by atoms with Crippen molar-refractivity contribution < 1.29 is 8.30 Å². The Balaban J connectivity index is 2.27. The number of hydrogen-bond donors (Lipinski definition) is 0. The standard InChI is InChI=1S/C10H5ClFN3OS/c11-8-6-1-3-15(17-12)9(6)14-5-7(8)10-13-2-4-16-10/h1-5H. The Hall–Kier alpha value is -1.53. The van der Waals surface area contributed by atoms with Crippen LogP contribution in [0.25, 0.3) is 22.5 Å². The molecule has 3 aromatic rings. The highest BCUT2D eigenvalue weighted by molar-refractivity contribution is 7.92. The van der Waals surface area contributed by atoms with Crippen LogP contribution in [0.4, 0.5) is 3.89 Å². The minimum absolute atomic E-state index is 0.0735. The lowest BCUT2D eigenvalue weighted by Gasteiger charge is -2.01. The van der Waals surface area contributed by atoms with Gasteiger partial charge in [0.05, 0.1) is 16.8 Å². The van der Waals surface area contributed by atoms with Crippen LogP contribution >= 0.6 is 23.9 Å². The number of oxazole rings is 1. The van der Waals surface area contributed by atoms with Crippen LogP contribution in [-0.2, 0) is 0 Å². The monoisotopic (exact) mass is 269 g/mol. The number of halogens is 2. The fraction of sp³-hybridized carbons (Fsp3) is 0. The Morgan fingerprint density at radius 1 is 1.41 bits per heavy atom. The summed E-state index contributed by atoms with van der Waals surface area (Å²) in [5.41, 5.74) is 1.06. The minimum Gasteiger partial charge on any atom is -0.444 e. The molecule has 0 unspecified atom stereocenters. The number of hydrogen-bond acceptors (Lipinski definition) is 4. The smallest absolute Gasteiger partial charge is 0.228 e. The van der Waals surface area contributed by atoms with Crippen molar-refractivity contribution in [1.82, 2.24) is 13.9 Å². The predicted molar refractivity (Wildman–Crippen MR) is 64.3 cm³/mol. The van der Waals surface area contributed by atoms with Gasteiger partial charge >= 0.3 is 0 Å². The third-order valence-corrected chi connectivity index (χ3v) is 3.20. The van der Waals surface area contributed by atoms with Crippen molar-refractivity contribution in [2.45, 2.75) is 0 Å². The lowest BCUT2D eigenvalue weighted by atomic mass is 10.2. The van der Waals surface area contributed by atoms with Gasteiger partial charge in [-0.25, -0.2) is 13.9 Å². The summed E-state index contributed by atoms with van der Waals surface area (Å²) in [6, 6.07) is 1.70. The number of fused-ring (bicyclic) bond motifs is 1. The van der Waals surface area contributed by atoms with Gasteiger partial charge < -0.3 is 4.42 Å². The second kappa shape index (κ2) is 4.05. The molecule has 0 aliphatic rings. The van der Waals surface area contributed by atoms with Crippen molar-refractivity contribution in [2.75, 3.05) is 0 Å². The van der Waals surface area contributed by atoms with Crippen LogP contribution in [0.5, 0.6) is 0 Å². The van der Waals surface area contributed by atoms with E-state index in [-0.39, 0.29) is 12.3 Å². The largest absolute Gasteiger partial charge is 0.444 e. The zero-order chi connectivity index (χ0) is 11.8. The molecule has 0 saturated heterocycles. The molecule has 17 heavy (non-hydrogen) atoms. The van der Waals surface area contributed by atoms with Crippen molar-refractivity contribution in [2.24, 2.45) is 0 Å². The molecule has 0 bridgehead atoms. The first-order valence-electron chi connectivity index (χ1n) is 4.66. The van der Waals surface area contributed by atoms with E-state index in [2.05, 4.69) is 9.97 Å². The fourth-order valence-corrected chi connectivity index (χ4v) is 2.19. The van der Waals surface area contributed by atoms with Crippen LogP contribution in [0, 0.1) is 0 Å². The van der Waals surface area contributed by atoms with E-state index in [4.69, 9.17) is 16.0 Å². The Morgan fingerprint density at radius 3 is 3.00 bits per heavy atom. The SMILES string of the molecule is FSn1ccc2c(Cl)c(-c3ncco3)cnc21. The van der Waals surface area contributed by atoms with Crippen LogP contribution in [-0.4, -0.2) is 13.9 Å². The van der Waals surface area contributed by atoms with Gasteiger partial charge in [0.15, 0.2) is 18.0 Å². The number of rotatable bonds is 2. The van der Waals surface area contributed by atoms with Gasteiger partial charge in [0.2, 0.25) is 5.89 Å². The topological polar surface area (TPSA) is 43.9 Å². The molecule has 0 atom stereocenters. The molecule has 0 aromatic carbocycles. The van der Waals surface area contributed by atoms with Gasteiger partial charge in [-0.3, -0.25) is 0 Å². The molecule has 0 amide bonds. The number of pyridine rings is 1. The summed E-state index contributed by atoms with van der Waals surface area (Å²) in [5.74, 6) is 0.394. The van der Waals surface area contributed by atoms with Crippen LogP contribution in [0.2, 0.25) is 5.02 Å². The summed E-state index contributed by atoms with van der Waals surface area (Å²) < 4.78 is 19.0. The Bertz CT molecular complexity index is 668. The molecule has 0 aliphatic heterocycles. The Morgan fingerprint density at radius 2 is 2.29 bits per heavy atom. The van der Waals surface area contributed by atoms with Gasteiger partial charge in [-0.1, -0.05) is 11.6 Å². The predicted octanol–water partition coefficient (Wildman–Crippen LogP) is 3.73. The molecular formula is C10H5ClFN3OS. The molecular weight excluding hydrogens is 265 g/mol. The molecule has 0 N–H and O–H groups in total. The third kappa shape index (κ3) is 1.60. The molecule has 3 aromatic heterocycles. The van der Waals surface area contributed by atoms with Gasteiger partial charge in [0.25, 0.3) is 0 Å². The van der Waals surface area contributed by atoms with E-state index in [1.807, 2.05) is 0 Å². The molecule has 3 heterocycles. The second-order valence-electron chi connectivity index (χ2n) is 3.27. The third-order valence-electron chi connectivity index (χ3n) is 2.35. The maximum atomic E-state index is 12.6. The summed E-state index contributed by atoms with van der Waals surface area (Å²) >= 11 is 6.29. The lowest BCUT2D eigenvalue weighted by Crippen LogP contribution is -1.87. The van der Waals surface area contributed by atoms with E-state index >= 15 is 0 Å². The maximum Gasteiger partial charge on any atom is 0.228 e. The zero-order valence-electron chi connectivity index (χ0n) is 8.30. The van der Waals surface area contributed by atoms with E-state index in [0.29, 0.717) is 27.5 Å². The molecule has 0 radical (unpaired) electrons. The lowest BCUT2D eigenvalue weighted by molar-refractivity contribution is 0.574. The first-order chi connectivity index (χ1) is 8.31. The molecule has 0 fully saturated rings. The molecule has 0 aliphatic carbocycles. The molecule has 4 nitrogen and oxygen atoms in total. The highest BCUT2D eigenvalue weighted by atomic mass is 35.5. The van der Waals surface area contributed by atoms with Crippen LogP contribution in [0.15, 0.2) is 35.3 Å². The first kappa shape index (κ1) is 10.6. The Kier molecular flexibility index (Phi) is 2.53. The summed E-state index contributed by atoms with van der Waals surface area (Å²) in [5, 5.41) is 1.11. The quantitative estimate of drug-likeness (QED) is 0.711. The van der Waals surface area contributed by atoms with E-state index in [1.54, 1.807) is 12.3 Å². The summed E-state index contributed by atoms with van der Waals surface area (Å²) in [4.78, 5) is 8.15. The zero-order valence-corrected chi connectivity index (χ0v) is 9.87. The Labute approximate surface area is 105 Å². The van der Waals surface area contributed by atoms with Crippen molar-refractivity contribution in [3.8, 4) is 11.5 Å². The highest BCUT2D eigenvalue weighted by Crippen LogP contribution is 2.33. The molecule has 0 saturated carbocycles. The van der Waals surface area contributed by atoms with Gasteiger partial charge in [-0.05, 0) is 6.07 Å². The number of aromatic nitrogens is 3. The molecule has 0 spiro atoms. The van der Waals surface area contributed by atoms with Crippen molar-refractivity contribution in [3.05, 3.63) is 35.9 Å². The normalized spacial score (nSPS) is 11.2. The summed E-state index contributed by atoms with van der Waals surface area (Å²) in [6.07, 6.45) is 6.06. The minimum atomic E-state index is 0.0735. The summed E-state index contributed by atoms with van der Waals surface area (Å²) in [7, 11) is 0. The average Bonchev–Trinajstić information content (AvgIpc) is 2.97. The van der Waals surface area contributed by atoms with E-state index < -0.39 is 0 Å². The van der Waals surface area contributed by atoms with Crippen molar-refractivity contribution >= 4 is 35.0 Å². The average molecular weight is 270 g/mol. The van der Waals surface area contributed by atoms with Gasteiger partial charge in [0.1, 0.15) is 6.26 Å². The summed E-state index contributed by atoms with van der Waals surface area (Å²) in [6.45, 7) is 0. The molecule has 3 rings (SSSR count). The first-order valence-corrected chi connectivity index (χ1v) is 5.71. The van der Waals surface area contributed by atoms with Crippen molar-refractivity contribution in [3.63, 3.8) is 0 Å². The van der Waals surface area contributed by atoms with E-state index in [1.165, 1.54) is 22.6 Å². The van der Waals surface area contributed by atoms with E-state index in [9.17, 15) is 3.89 Å². The molecule has 7 heteroatoms. The second-order valence-corrected chi connectivity index (χ2v) is 4.18. The maximum absolute atomic E-state index is 12.6. The molecule has 86 valence electrons. The van der Waals surface area contributed by atoms with Gasteiger partial charge in [-0.2, -0.15) is 0 Å². The highest BCUT2D eigenvalue weighted by Gasteiger charge is 2.14. The van der Waals surface area contributed by atoms with Crippen LogP contribution in [0.3, 0.4) is 0 Å². The number of nitrogens with zero attached hydrogens (tertiary/aromatic N) is 3. The fourth-order valence-electron chi connectivity index (χ4n) is 1.59. The van der Waals surface area contributed by atoms with Crippen molar-refractivity contribution in [1.29, 1.82) is 0 Å². The van der Waals surface area contributed by atoms with Gasteiger partial charge in [0, 0.05) is 17.8 Å². The van der Waals surface area contributed by atoms with Crippen LogP contribution in [0.1, 0.15) is 0 Å². The van der Waals surface area contributed by atoms with E-state index in [0.717, 1.165) is 0 Å². The van der Waals surface area contributed by atoms with Crippen LogP contribution < -0.4 is 0 Å². The van der Waals surface area contributed by atoms with Gasteiger partial charge in [-0.15, -0.1) is 3.89 Å².